The van der Waals surface area contributed by atoms with Crippen LogP contribution < -0.4 is 10.2 Å². The van der Waals surface area contributed by atoms with Crippen molar-refractivity contribution in [1.82, 2.24) is 5.32 Å². The number of anilines is 1. The third kappa shape index (κ3) is 1.57. The predicted molar refractivity (Wildman–Crippen MR) is 103 cm³/mol. The van der Waals surface area contributed by atoms with Crippen LogP contribution in [0.4, 0.5) is 10.5 Å². The van der Waals surface area contributed by atoms with Gasteiger partial charge in [-0.15, -0.1) is 6.58 Å². The van der Waals surface area contributed by atoms with Gasteiger partial charge in [-0.25, -0.2) is 4.79 Å². The van der Waals surface area contributed by atoms with Gasteiger partial charge in [0.2, 0.25) is 5.91 Å². The smallest absolute Gasteiger partial charge is 0.408 e. The average Bonchev–Trinajstić information content (AvgIpc) is 3.08. The van der Waals surface area contributed by atoms with Crippen LogP contribution in [0.3, 0.4) is 0 Å². The number of hydrogen-bond acceptors (Lipinski definition) is 4. The third-order valence-corrected chi connectivity index (χ3v) is 7.69. The lowest BCUT2D eigenvalue weighted by atomic mass is 9.52. The largest absolute Gasteiger partial charge is 0.443 e. The Hall–Kier alpha value is -2.63. The summed E-state index contributed by atoms with van der Waals surface area (Å²) < 4.78 is 15.2. The van der Waals surface area contributed by atoms with E-state index in [1.807, 2.05) is 26.0 Å². The van der Waals surface area contributed by atoms with Gasteiger partial charge in [-0.3, -0.25) is 9.59 Å². The van der Waals surface area contributed by atoms with Gasteiger partial charge in [0.15, 0.2) is 0 Å². The zero-order valence-corrected chi connectivity index (χ0v) is 16.5. The van der Waals surface area contributed by atoms with Gasteiger partial charge in [-0.1, -0.05) is 32.1 Å². The van der Waals surface area contributed by atoms with Crippen molar-refractivity contribution in [3.63, 3.8) is 0 Å². The Bertz CT molecular complexity index is 1040. The van der Waals surface area contributed by atoms with E-state index < -0.39 is 40.4 Å². The maximum Gasteiger partial charge on any atom is 0.408 e. The molecular formula is C22H24N2O4. The van der Waals surface area contributed by atoms with Crippen LogP contribution in [0, 0.1) is 16.7 Å². The highest BCUT2D eigenvalue weighted by molar-refractivity contribution is 6.06. The van der Waals surface area contributed by atoms with Crippen LogP contribution in [0.2, 0.25) is 0 Å². The van der Waals surface area contributed by atoms with Crippen molar-refractivity contribution in [2.45, 2.75) is 44.7 Å². The highest BCUT2D eigenvalue weighted by Gasteiger charge is 2.73. The first-order chi connectivity index (χ1) is 13.5. The van der Waals surface area contributed by atoms with Crippen molar-refractivity contribution >= 4 is 23.5 Å². The summed E-state index contributed by atoms with van der Waals surface area (Å²) in [6, 6.07) is 5.49. The lowest BCUT2D eigenvalue weighted by Crippen LogP contribution is -2.65. The van der Waals surface area contributed by atoms with Crippen molar-refractivity contribution < 1.29 is 20.5 Å². The van der Waals surface area contributed by atoms with Crippen molar-refractivity contribution in [2.24, 2.45) is 16.7 Å². The molecule has 1 saturated heterocycles. The third-order valence-electron chi connectivity index (χ3n) is 7.69. The van der Waals surface area contributed by atoms with E-state index in [0.717, 1.165) is 11.3 Å². The minimum absolute atomic E-state index is 0.0343. The highest BCUT2D eigenvalue weighted by Crippen LogP contribution is 2.66. The summed E-state index contributed by atoms with van der Waals surface area (Å²) in [5.41, 5.74) is -1.40. The van der Waals surface area contributed by atoms with E-state index in [1.54, 1.807) is 24.9 Å². The number of likely N-dealkylation sites (N-methyl/N-ethyl adjacent to an activating group) is 1. The van der Waals surface area contributed by atoms with Crippen molar-refractivity contribution in [1.29, 1.82) is 0 Å². The standard InChI is InChI=1S/C22H24N2O4/c1-6-21(4)14(25)10-12-17-22(21,23-19(27)28-17)11-8-7-9-13-15(11)16(20(12,2)3)18(26)24(13)5/h6-9,12,16-17H,1,10H2,2-5H3,(H,23,27)/t12-,16+,17-,21+,22+/m0/s1/i17D. The molecule has 28 heavy (non-hydrogen) atoms. The van der Waals surface area contributed by atoms with Gasteiger partial charge in [0.1, 0.15) is 17.4 Å². The fourth-order valence-electron chi connectivity index (χ4n) is 5.98. The van der Waals surface area contributed by atoms with E-state index >= 15 is 0 Å². The monoisotopic (exact) mass is 381 g/mol. The quantitative estimate of drug-likeness (QED) is 0.759. The Morgan fingerprint density at radius 3 is 2.71 bits per heavy atom. The van der Waals surface area contributed by atoms with Crippen molar-refractivity contribution in [2.75, 3.05) is 11.9 Å². The van der Waals surface area contributed by atoms with Crippen molar-refractivity contribution in [3.8, 4) is 0 Å². The summed E-state index contributed by atoms with van der Waals surface area (Å²) in [6.07, 6.45) is -0.927. The van der Waals surface area contributed by atoms with Gasteiger partial charge >= 0.3 is 6.09 Å². The SMILES string of the molecule is [2H][C@@]12OC(=O)N[C@]13c1cccc4c1[C@H](C(=O)N4C)C(C)(C)[C@H]2CC(=O)[C@@]3(C)C=C. The first kappa shape index (κ1) is 16.3. The predicted octanol–water partition coefficient (Wildman–Crippen LogP) is 2.87. The number of carbonyl (C=O) groups excluding carboxylic acids is 3. The number of alkyl carbamates (subject to hydrolysis) is 1. The number of Topliss-reactive ketones (excluding diaryl/α,β-unsaturated/α-hetero) is 1. The molecule has 6 nitrogen and oxygen atoms in total. The number of ketones is 1. The normalized spacial score (nSPS) is 42.8. The molecule has 1 N–H and O–H groups in total. The lowest BCUT2D eigenvalue weighted by Gasteiger charge is -2.53. The van der Waals surface area contributed by atoms with E-state index in [-0.39, 0.29) is 18.1 Å². The van der Waals surface area contributed by atoms with Gasteiger partial charge in [0.05, 0.1) is 12.7 Å². The number of nitrogens with zero attached hydrogens (tertiary/aromatic N) is 1. The Kier molecular flexibility index (Phi) is 2.83. The zero-order valence-electron chi connectivity index (χ0n) is 17.5. The second kappa shape index (κ2) is 4.85. The van der Waals surface area contributed by atoms with Gasteiger partial charge in [-0.2, -0.15) is 0 Å². The molecule has 1 saturated carbocycles. The van der Waals surface area contributed by atoms with Crippen LogP contribution >= 0.6 is 0 Å². The lowest BCUT2D eigenvalue weighted by molar-refractivity contribution is -0.147. The fourth-order valence-corrected chi connectivity index (χ4v) is 5.98. The maximum atomic E-state index is 13.5. The second-order valence-corrected chi connectivity index (χ2v) is 9.11. The molecule has 2 bridgehead atoms. The number of rotatable bonds is 1. The fraction of sp³-hybridized carbons (Fsp3) is 0.500. The van der Waals surface area contributed by atoms with E-state index in [2.05, 4.69) is 11.9 Å². The molecule has 2 heterocycles. The van der Waals surface area contributed by atoms with E-state index in [4.69, 9.17) is 4.74 Å². The summed E-state index contributed by atoms with van der Waals surface area (Å²) in [4.78, 5) is 41.1. The molecular weight excluding hydrogens is 356 g/mol. The summed E-state index contributed by atoms with van der Waals surface area (Å²) in [7, 11) is 1.74. The summed E-state index contributed by atoms with van der Waals surface area (Å²) in [6.45, 7) is 9.43. The molecule has 2 fully saturated rings. The number of nitrogens with one attached hydrogen (secondary N) is 1. The number of amides is 2. The Morgan fingerprint density at radius 1 is 1.32 bits per heavy atom. The molecule has 6 heteroatoms. The minimum atomic E-state index is -1.76. The molecule has 2 amide bonds. The maximum absolute atomic E-state index is 13.5. The van der Waals surface area contributed by atoms with Crippen molar-refractivity contribution in [3.05, 3.63) is 42.0 Å². The molecule has 0 aromatic heterocycles. The molecule has 146 valence electrons. The first-order valence-corrected chi connectivity index (χ1v) is 9.56. The van der Waals surface area contributed by atoms with E-state index in [1.165, 1.54) is 6.08 Å². The van der Waals surface area contributed by atoms with E-state index in [0.29, 0.717) is 5.56 Å². The number of hydrogen-bond donors (Lipinski definition) is 1. The Labute approximate surface area is 165 Å². The number of carbonyl (C=O) groups is 3. The summed E-state index contributed by atoms with van der Waals surface area (Å²) in [5, 5.41) is 2.88. The van der Waals surface area contributed by atoms with Crippen LogP contribution in [-0.2, 0) is 19.9 Å². The van der Waals surface area contributed by atoms with Crippen LogP contribution in [-0.4, -0.2) is 30.9 Å². The Balaban J connectivity index is 2.01. The van der Waals surface area contributed by atoms with Gasteiger partial charge < -0.3 is 15.0 Å². The zero-order chi connectivity index (χ0) is 21.1. The minimum Gasteiger partial charge on any atom is -0.443 e. The molecule has 1 aromatic carbocycles. The molecule has 0 radical (unpaired) electrons. The highest BCUT2D eigenvalue weighted by atomic mass is 16.6. The first-order valence-electron chi connectivity index (χ1n) is 10.1. The number of ether oxygens (including phenoxy) is 1. The van der Waals surface area contributed by atoms with Crippen LogP contribution in [0.5, 0.6) is 0 Å². The number of benzene rings is 1. The van der Waals surface area contributed by atoms with Crippen LogP contribution in [0.1, 0.15) is 45.6 Å². The van der Waals surface area contributed by atoms with Gasteiger partial charge in [-0.05, 0) is 29.5 Å². The molecule has 5 atom stereocenters. The molecule has 0 spiro atoms. The van der Waals surface area contributed by atoms with Gasteiger partial charge in [0.25, 0.3) is 0 Å². The molecule has 4 aliphatic rings. The molecule has 1 aromatic rings. The molecule has 2 aliphatic heterocycles. The summed E-state index contributed by atoms with van der Waals surface area (Å²) >= 11 is 0. The second-order valence-electron chi connectivity index (χ2n) is 9.11. The average molecular weight is 381 g/mol. The topological polar surface area (TPSA) is 75.7 Å². The van der Waals surface area contributed by atoms with Crippen LogP contribution in [0.25, 0.3) is 0 Å². The molecule has 2 aliphatic carbocycles. The Morgan fingerprint density at radius 2 is 2.04 bits per heavy atom. The van der Waals surface area contributed by atoms with Crippen LogP contribution in [0.15, 0.2) is 30.9 Å². The molecule has 0 unspecified atom stereocenters. The molecule has 5 rings (SSSR count). The van der Waals surface area contributed by atoms with Gasteiger partial charge in [0, 0.05) is 25.1 Å². The van der Waals surface area contributed by atoms with E-state index in [9.17, 15) is 15.8 Å². The summed E-state index contributed by atoms with van der Waals surface area (Å²) in [5.74, 6) is -1.39.